The Morgan fingerprint density at radius 2 is 1.93 bits per heavy atom. The van der Waals surface area contributed by atoms with E-state index in [0.29, 0.717) is 5.39 Å². The highest BCUT2D eigenvalue weighted by molar-refractivity contribution is 5.83. The second-order valence-electron chi connectivity index (χ2n) is 7.72. The molecule has 144 valence electrons. The molecule has 7 heteroatoms. The summed E-state index contributed by atoms with van der Waals surface area (Å²) in [5.74, 6) is 0.172. The highest BCUT2D eigenvalue weighted by atomic mass is 16.2. The number of carbonyl (C=O) groups is 1. The molecule has 0 saturated carbocycles. The van der Waals surface area contributed by atoms with Crippen LogP contribution in [0.1, 0.15) is 32.7 Å². The van der Waals surface area contributed by atoms with Crippen molar-refractivity contribution in [2.45, 2.75) is 38.8 Å². The molecule has 1 unspecified atom stereocenters. The van der Waals surface area contributed by atoms with E-state index in [0.717, 1.165) is 56.8 Å². The van der Waals surface area contributed by atoms with Crippen molar-refractivity contribution in [1.82, 2.24) is 19.8 Å². The number of anilines is 1. The van der Waals surface area contributed by atoms with Gasteiger partial charge < -0.3 is 10.2 Å². The minimum atomic E-state index is 0.00896. The fourth-order valence-electron chi connectivity index (χ4n) is 4.08. The number of piperazine rings is 1. The summed E-state index contributed by atoms with van der Waals surface area (Å²) in [6.07, 6.45) is 3.65. The highest BCUT2D eigenvalue weighted by Crippen LogP contribution is 2.22. The molecule has 2 fully saturated rings. The number of fused-ring (bicyclic) bond motifs is 1. The summed E-state index contributed by atoms with van der Waals surface area (Å²) in [5.41, 5.74) is 1.84. The molecule has 7 nitrogen and oxygen atoms in total. The third-order valence-corrected chi connectivity index (χ3v) is 5.70. The summed E-state index contributed by atoms with van der Waals surface area (Å²) in [4.78, 5) is 33.8. The molecule has 1 N–H and O–H groups in total. The number of rotatable bonds is 3. The maximum absolute atomic E-state index is 12.6. The topological polar surface area (TPSA) is 70.5 Å². The van der Waals surface area contributed by atoms with Gasteiger partial charge in [-0.3, -0.25) is 19.1 Å². The minimum absolute atomic E-state index is 0.00896. The second-order valence-corrected chi connectivity index (χ2v) is 7.72. The van der Waals surface area contributed by atoms with Crippen LogP contribution in [0.2, 0.25) is 0 Å². The van der Waals surface area contributed by atoms with Crippen molar-refractivity contribution in [3.8, 4) is 0 Å². The van der Waals surface area contributed by atoms with E-state index in [1.807, 2.05) is 32.0 Å². The first-order chi connectivity index (χ1) is 13.0. The first-order valence-corrected chi connectivity index (χ1v) is 9.82. The monoisotopic (exact) mass is 369 g/mol. The molecule has 1 amide bonds. The Balaban J connectivity index is 1.50. The van der Waals surface area contributed by atoms with Gasteiger partial charge in [-0.2, -0.15) is 0 Å². The summed E-state index contributed by atoms with van der Waals surface area (Å²) in [7, 11) is 0. The zero-order valence-electron chi connectivity index (χ0n) is 16.0. The largest absolute Gasteiger partial charge is 0.369 e. The molecule has 0 aliphatic carbocycles. The van der Waals surface area contributed by atoms with Crippen LogP contribution in [0.4, 0.5) is 5.69 Å². The maximum atomic E-state index is 12.6. The van der Waals surface area contributed by atoms with Gasteiger partial charge in [-0.25, -0.2) is 4.98 Å². The Morgan fingerprint density at radius 3 is 2.63 bits per heavy atom. The zero-order chi connectivity index (χ0) is 19.0. The van der Waals surface area contributed by atoms with Gasteiger partial charge in [0.1, 0.15) is 0 Å². The molecule has 3 heterocycles. The average Bonchev–Trinajstić information content (AvgIpc) is 2.68. The summed E-state index contributed by atoms with van der Waals surface area (Å²) in [6.45, 7) is 8.26. The molecule has 1 aromatic heterocycles. The quantitative estimate of drug-likeness (QED) is 0.885. The molecule has 2 aromatic rings. The van der Waals surface area contributed by atoms with Gasteiger partial charge in [-0.15, -0.1) is 0 Å². The number of nitrogens with one attached hydrogen (secondary N) is 1. The number of carbonyl (C=O) groups excluding carboxylic acids is 1. The average molecular weight is 369 g/mol. The van der Waals surface area contributed by atoms with E-state index < -0.39 is 0 Å². The molecule has 4 rings (SSSR count). The van der Waals surface area contributed by atoms with Crippen LogP contribution in [0, 0.1) is 0 Å². The molecule has 27 heavy (non-hydrogen) atoms. The van der Waals surface area contributed by atoms with E-state index in [2.05, 4.69) is 20.1 Å². The molecule has 1 atom stereocenters. The maximum Gasteiger partial charge on any atom is 0.261 e. The molecule has 1 aromatic carbocycles. The van der Waals surface area contributed by atoms with Gasteiger partial charge in [-0.1, -0.05) is 0 Å². The SMILES string of the molecule is CC(C)n1cnc2cc(N3CCN(C4CCCNC4=O)CC3)ccc2c1=O. The molecule has 0 spiro atoms. The van der Waals surface area contributed by atoms with Crippen molar-refractivity contribution in [2.24, 2.45) is 0 Å². The van der Waals surface area contributed by atoms with Crippen LogP contribution < -0.4 is 15.8 Å². The third kappa shape index (κ3) is 3.43. The lowest BCUT2D eigenvalue weighted by atomic mass is 10.0. The molecular formula is C20H27N5O2. The zero-order valence-corrected chi connectivity index (χ0v) is 16.0. The van der Waals surface area contributed by atoms with E-state index in [1.54, 1.807) is 10.9 Å². The van der Waals surface area contributed by atoms with Crippen LogP contribution in [0.3, 0.4) is 0 Å². The first-order valence-electron chi connectivity index (χ1n) is 9.82. The Hall–Kier alpha value is -2.41. The Kier molecular flexibility index (Phi) is 4.86. The molecular weight excluding hydrogens is 342 g/mol. The Labute approximate surface area is 159 Å². The van der Waals surface area contributed by atoms with Gasteiger partial charge in [0.05, 0.1) is 23.3 Å². The molecule has 0 radical (unpaired) electrons. The highest BCUT2D eigenvalue weighted by Gasteiger charge is 2.30. The van der Waals surface area contributed by atoms with Gasteiger partial charge >= 0.3 is 0 Å². The van der Waals surface area contributed by atoms with Crippen molar-refractivity contribution in [3.63, 3.8) is 0 Å². The van der Waals surface area contributed by atoms with Crippen LogP contribution in [0.15, 0.2) is 29.3 Å². The lowest BCUT2D eigenvalue weighted by Crippen LogP contribution is -2.56. The smallest absolute Gasteiger partial charge is 0.261 e. The van der Waals surface area contributed by atoms with Gasteiger partial charge in [0, 0.05) is 44.5 Å². The number of hydrogen-bond acceptors (Lipinski definition) is 5. The van der Waals surface area contributed by atoms with E-state index in [1.165, 1.54) is 0 Å². The molecule has 0 bridgehead atoms. The van der Waals surface area contributed by atoms with Crippen molar-refractivity contribution in [1.29, 1.82) is 0 Å². The Morgan fingerprint density at radius 1 is 1.15 bits per heavy atom. The summed E-state index contributed by atoms with van der Waals surface area (Å²) < 4.78 is 1.66. The number of hydrogen-bond donors (Lipinski definition) is 1. The number of piperidine rings is 1. The number of nitrogens with zero attached hydrogens (tertiary/aromatic N) is 4. The third-order valence-electron chi connectivity index (χ3n) is 5.70. The normalized spacial score (nSPS) is 21.7. The number of amides is 1. The van der Waals surface area contributed by atoms with Crippen molar-refractivity contribution < 1.29 is 4.79 Å². The number of benzene rings is 1. The first kappa shape index (κ1) is 18.0. The van der Waals surface area contributed by atoms with Crippen LogP contribution >= 0.6 is 0 Å². The lowest BCUT2D eigenvalue weighted by molar-refractivity contribution is -0.128. The van der Waals surface area contributed by atoms with Crippen molar-refractivity contribution in [2.75, 3.05) is 37.6 Å². The van der Waals surface area contributed by atoms with Gasteiger partial charge in [0.25, 0.3) is 5.56 Å². The standard InChI is InChI=1S/C20H27N5O2/c1-14(2)25-13-22-17-12-15(5-6-16(17)20(25)27)23-8-10-24(11-9-23)18-4-3-7-21-19(18)26/h5-6,12-14,18H,3-4,7-11H2,1-2H3,(H,21,26). The lowest BCUT2D eigenvalue weighted by Gasteiger charge is -2.40. The van der Waals surface area contributed by atoms with Crippen LogP contribution in [-0.4, -0.2) is 59.1 Å². The van der Waals surface area contributed by atoms with Crippen molar-refractivity contribution in [3.05, 3.63) is 34.9 Å². The predicted molar refractivity (Wildman–Crippen MR) is 106 cm³/mol. The van der Waals surface area contributed by atoms with E-state index in [4.69, 9.17) is 0 Å². The Bertz CT molecular complexity index is 899. The van der Waals surface area contributed by atoms with E-state index in [9.17, 15) is 9.59 Å². The predicted octanol–water partition coefficient (Wildman–Crippen LogP) is 1.38. The molecule has 2 aliphatic rings. The van der Waals surface area contributed by atoms with Crippen molar-refractivity contribution >= 4 is 22.5 Å². The fraction of sp³-hybridized carbons (Fsp3) is 0.550. The second kappa shape index (κ2) is 7.31. The van der Waals surface area contributed by atoms with E-state index in [-0.39, 0.29) is 23.6 Å². The fourth-order valence-corrected chi connectivity index (χ4v) is 4.08. The van der Waals surface area contributed by atoms with Gasteiger partial charge in [0.15, 0.2) is 0 Å². The number of aromatic nitrogens is 2. The summed E-state index contributed by atoms with van der Waals surface area (Å²) in [5, 5.41) is 3.64. The molecule has 2 saturated heterocycles. The van der Waals surface area contributed by atoms with Crippen LogP contribution in [0.5, 0.6) is 0 Å². The minimum Gasteiger partial charge on any atom is -0.369 e. The summed E-state index contributed by atoms with van der Waals surface area (Å²) in [6, 6.07) is 6.02. The van der Waals surface area contributed by atoms with Crippen LogP contribution in [-0.2, 0) is 4.79 Å². The summed E-state index contributed by atoms with van der Waals surface area (Å²) >= 11 is 0. The molecule has 2 aliphatic heterocycles. The van der Waals surface area contributed by atoms with Crippen LogP contribution in [0.25, 0.3) is 10.9 Å². The van der Waals surface area contributed by atoms with Gasteiger partial charge in [0.2, 0.25) is 5.91 Å². The van der Waals surface area contributed by atoms with Gasteiger partial charge in [-0.05, 0) is 44.9 Å². The van der Waals surface area contributed by atoms with E-state index >= 15 is 0 Å².